The molecule has 2 heterocycles. The van der Waals surface area contributed by atoms with Crippen LogP contribution in [0.25, 0.3) is 5.78 Å². The maximum Gasteiger partial charge on any atom is 0.233 e. The van der Waals surface area contributed by atoms with Crippen LogP contribution in [0.5, 0.6) is 0 Å². The van der Waals surface area contributed by atoms with Crippen molar-refractivity contribution in [2.45, 2.75) is 51.3 Å². The Morgan fingerprint density at radius 3 is 3.00 bits per heavy atom. The summed E-state index contributed by atoms with van der Waals surface area (Å²) in [6.45, 7) is 3.82. The van der Waals surface area contributed by atoms with Crippen molar-refractivity contribution in [1.29, 1.82) is 0 Å². The van der Waals surface area contributed by atoms with Gasteiger partial charge in [0.15, 0.2) is 0 Å². The van der Waals surface area contributed by atoms with E-state index >= 15 is 0 Å². The predicted octanol–water partition coefficient (Wildman–Crippen LogP) is 2.51. The predicted molar refractivity (Wildman–Crippen MR) is 84.6 cm³/mol. The fourth-order valence-electron chi connectivity index (χ4n) is 4.34. The Morgan fingerprint density at radius 1 is 1.45 bits per heavy atom. The third kappa shape index (κ3) is 2.07. The van der Waals surface area contributed by atoms with Gasteiger partial charge in [-0.25, -0.2) is 9.97 Å². The standard InChI is InChI=1S/C17H24N4O/c1-3-22-15-10-14(17(15)6-4-7-17)20(2)11-13-12-21-9-5-8-18-16(21)19-13/h5,8-9,12,14-15H,3-4,6-7,10-11H2,1-2H3/t14-,15-/m1/s1. The molecule has 1 spiro atoms. The summed E-state index contributed by atoms with van der Waals surface area (Å²) in [6, 6.07) is 2.57. The smallest absolute Gasteiger partial charge is 0.233 e. The Labute approximate surface area is 131 Å². The molecule has 5 heteroatoms. The van der Waals surface area contributed by atoms with E-state index in [-0.39, 0.29) is 0 Å². The number of rotatable bonds is 5. The molecule has 2 aromatic rings. The van der Waals surface area contributed by atoms with E-state index in [0.717, 1.165) is 31.0 Å². The van der Waals surface area contributed by atoms with E-state index in [1.807, 2.05) is 16.7 Å². The maximum absolute atomic E-state index is 5.96. The minimum Gasteiger partial charge on any atom is -0.378 e. The maximum atomic E-state index is 5.96. The SMILES string of the molecule is CCO[C@@H]1C[C@@H](N(C)Cc2cn3cccnc3n2)C12CCC2. The third-order valence-corrected chi connectivity index (χ3v) is 5.62. The van der Waals surface area contributed by atoms with Crippen molar-refractivity contribution < 1.29 is 4.74 Å². The van der Waals surface area contributed by atoms with Crippen molar-refractivity contribution in [2.24, 2.45) is 5.41 Å². The zero-order valence-electron chi connectivity index (χ0n) is 13.4. The van der Waals surface area contributed by atoms with Crippen LogP contribution in [0, 0.1) is 5.41 Å². The molecule has 22 heavy (non-hydrogen) atoms. The Morgan fingerprint density at radius 2 is 2.32 bits per heavy atom. The summed E-state index contributed by atoms with van der Waals surface area (Å²) in [5, 5.41) is 0. The molecule has 2 saturated carbocycles. The first-order chi connectivity index (χ1) is 10.7. The van der Waals surface area contributed by atoms with Gasteiger partial charge < -0.3 is 4.74 Å². The number of fused-ring (bicyclic) bond motifs is 1. The van der Waals surface area contributed by atoms with E-state index in [9.17, 15) is 0 Å². The summed E-state index contributed by atoms with van der Waals surface area (Å²) in [6.07, 6.45) is 11.5. The Balaban J connectivity index is 1.47. The van der Waals surface area contributed by atoms with Crippen LogP contribution in [-0.2, 0) is 11.3 Å². The second-order valence-corrected chi connectivity index (χ2v) is 6.76. The normalized spacial score (nSPS) is 26.3. The van der Waals surface area contributed by atoms with Gasteiger partial charge in [0.1, 0.15) is 0 Å². The molecule has 0 radical (unpaired) electrons. The quantitative estimate of drug-likeness (QED) is 0.851. The number of ether oxygens (including phenoxy) is 1. The lowest BCUT2D eigenvalue weighted by atomic mass is 9.50. The van der Waals surface area contributed by atoms with Crippen LogP contribution in [-0.4, -0.2) is 45.1 Å². The molecule has 0 bridgehead atoms. The zero-order chi connectivity index (χ0) is 15.2. The van der Waals surface area contributed by atoms with Crippen molar-refractivity contribution in [3.8, 4) is 0 Å². The zero-order valence-corrected chi connectivity index (χ0v) is 13.4. The minimum atomic E-state index is 0.419. The molecular weight excluding hydrogens is 276 g/mol. The second-order valence-electron chi connectivity index (χ2n) is 6.76. The summed E-state index contributed by atoms with van der Waals surface area (Å²) >= 11 is 0. The van der Waals surface area contributed by atoms with E-state index in [4.69, 9.17) is 4.74 Å². The lowest BCUT2D eigenvalue weighted by Gasteiger charge is -2.63. The number of aromatic nitrogens is 3. The molecule has 5 nitrogen and oxygen atoms in total. The van der Waals surface area contributed by atoms with Gasteiger partial charge in [0.2, 0.25) is 5.78 Å². The van der Waals surface area contributed by atoms with Crippen LogP contribution in [0.2, 0.25) is 0 Å². The molecule has 2 atom stereocenters. The largest absolute Gasteiger partial charge is 0.378 e. The molecule has 0 aromatic carbocycles. The van der Waals surface area contributed by atoms with Crippen LogP contribution in [0.4, 0.5) is 0 Å². The van der Waals surface area contributed by atoms with E-state index in [1.54, 1.807) is 6.20 Å². The lowest BCUT2D eigenvalue weighted by Crippen LogP contribution is -2.66. The molecule has 2 aliphatic rings. The van der Waals surface area contributed by atoms with Gasteiger partial charge in [0.25, 0.3) is 0 Å². The number of nitrogens with zero attached hydrogens (tertiary/aromatic N) is 4. The third-order valence-electron chi connectivity index (χ3n) is 5.62. The van der Waals surface area contributed by atoms with Gasteiger partial charge in [-0.15, -0.1) is 0 Å². The molecule has 0 N–H and O–H groups in total. The van der Waals surface area contributed by atoms with Crippen LogP contribution >= 0.6 is 0 Å². The fourth-order valence-corrected chi connectivity index (χ4v) is 4.34. The molecular formula is C17H24N4O. The molecule has 118 valence electrons. The van der Waals surface area contributed by atoms with Crippen LogP contribution in [0.3, 0.4) is 0 Å². The van der Waals surface area contributed by atoms with Crippen molar-refractivity contribution in [3.05, 3.63) is 30.4 Å². The summed E-state index contributed by atoms with van der Waals surface area (Å²) in [7, 11) is 2.23. The summed E-state index contributed by atoms with van der Waals surface area (Å²) in [5.74, 6) is 0.782. The molecule has 4 rings (SSSR count). The molecule has 2 aliphatic carbocycles. The molecule has 2 fully saturated rings. The van der Waals surface area contributed by atoms with E-state index in [0.29, 0.717) is 17.6 Å². The highest BCUT2D eigenvalue weighted by molar-refractivity contribution is 5.29. The van der Waals surface area contributed by atoms with Gasteiger partial charge in [-0.2, -0.15) is 0 Å². The highest BCUT2D eigenvalue weighted by Gasteiger charge is 2.59. The summed E-state index contributed by atoms with van der Waals surface area (Å²) in [5.41, 5.74) is 1.51. The second kappa shape index (κ2) is 5.32. The first-order valence-electron chi connectivity index (χ1n) is 8.33. The molecule has 0 unspecified atom stereocenters. The number of hydrogen-bond donors (Lipinski definition) is 0. The minimum absolute atomic E-state index is 0.419. The first kappa shape index (κ1) is 14.2. The highest BCUT2D eigenvalue weighted by Crippen LogP contribution is 2.59. The average Bonchev–Trinajstić information content (AvgIpc) is 2.83. The Hall–Kier alpha value is -1.46. The number of hydrogen-bond acceptors (Lipinski definition) is 4. The summed E-state index contributed by atoms with van der Waals surface area (Å²) in [4.78, 5) is 11.4. The Kier molecular flexibility index (Phi) is 3.42. The monoisotopic (exact) mass is 300 g/mol. The first-order valence-corrected chi connectivity index (χ1v) is 8.33. The molecule has 0 amide bonds. The molecule has 2 aromatic heterocycles. The van der Waals surface area contributed by atoms with E-state index in [2.05, 4.69) is 35.0 Å². The summed E-state index contributed by atoms with van der Waals surface area (Å²) < 4.78 is 7.95. The molecule has 0 aliphatic heterocycles. The van der Waals surface area contributed by atoms with Crippen molar-refractivity contribution in [3.63, 3.8) is 0 Å². The van der Waals surface area contributed by atoms with Crippen LogP contribution in [0.1, 0.15) is 38.3 Å². The van der Waals surface area contributed by atoms with Gasteiger partial charge in [0.05, 0.1) is 11.8 Å². The van der Waals surface area contributed by atoms with Crippen LogP contribution < -0.4 is 0 Å². The van der Waals surface area contributed by atoms with Gasteiger partial charge in [0, 0.05) is 43.2 Å². The Bertz CT molecular complexity index is 630. The van der Waals surface area contributed by atoms with Gasteiger partial charge in [-0.1, -0.05) is 6.42 Å². The number of imidazole rings is 1. The van der Waals surface area contributed by atoms with Crippen molar-refractivity contribution in [2.75, 3.05) is 13.7 Å². The van der Waals surface area contributed by atoms with Gasteiger partial charge in [-0.3, -0.25) is 9.30 Å². The van der Waals surface area contributed by atoms with Gasteiger partial charge in [-0.05, 0) is 39.3 Å². The van der Waals surface area contributed by atoms with Crippen molar-refractivity contribution in [1.82, 2.24) is 19.3 Å². The van der Waals surface area contributed by atoms with E-state index in [1.165, 1.54) is 19.3 Å². The molecule has 0 saturated heterocycles. The highest BCUT2D eigenvalue weighted by atomic mass is 16.5. The lowest BCUT2D eigenvalue weighted by molar-refractivity contribution is -0.201. The fraction of sp³-hybridized carbons (Fsp3) is 0.647. The topological polar surface area (TPSA) is 42.7 Å². The van der Waals surface area contributed by atoms with Crippen molar-refractivity contribution >= 4 is 5.78 Å². The average molecular weight is 300 g/mol. The van der Waals surface area contributed by atoms with Crippen LogP contribution in [0.15, 0.2) is 24.7 Å². The van der Waals surface area contributed by atoms with E-state index < -0.39 is 0 Å². The van der Waals surface area contributed by atoms with Gasteiger partial charge >= 0.3 is 0 Å².